The first kappa shape index (κ1) is 21.9. The molecule has 0 bridgehead atoms. The van der Waals surface area contributed by atoms with Gasteiger partial charge in [-0.2, -0.15) is 0 Å². The second-order valence-electron chi connectivity index (χ2n) is 6.93. The third kappa shape index (κ3) is 5.49. The van der Waals surface area contributed by atoms with Crippen LogP contribution in [0.15, 0.2) is 90.1 Å². The van der Waals surface area contributed by atoms with Gasteiger partial charge in [-0.25, -0.2) is 0 Å². The number of para-hydroxylation sites is 2. The molecule has 4 rings (SSSR count). The number of ether oxygens (including phenoxy) is 1. The lowest BCUT2D eigenvalue weighted by Gasteiger charge is -2.14. The predicted octanol–water partition coefficient (Wildman–Crippen LogP) is 5.62. The Hall–Kier alpha value is -3.29. The van der Waals surface area contributed by atoms with Gasteiger partial charge in [0.2, 0.25) is 5.91 Å². The Bertz CT molecular complexity index is 1170. The molecule has 4 aromatic rings. The molecule has 8 heteroatoms. The zero-order valence-corrected chi connectivity index (χ0v) is 18.9. The van der Waals surface area contributed by atoms with Crippen molar-refractivity contribution in [3.8, 4) is 11.4 Å². The maximum Gasteiger partial charge on any atom is 0.237 e. The monoisotopic (exact) mass is 464 g/mol. The highest BCUT2D eigenvalue weighted by molar-refractivity contribution is 8.00. The fourth-order valence-electron chi connectivity index (χ4n) is 2.96. The van der Waals surface area contributed by atoms with Crippen molar-refractivity contribution >= 4 is 35.0 Å². The summed E-state index contributed by atoms with van der Waals surface area (Å²) in [5, 5.41) is 12.5. The van der Waals surface area contributed by atoms with Gasteiger partial charge < -0.3 is 10.1 Å². The van der Waals surface area contributed by atoms with E-state index in [1.165, 1.54) is 11.8 Å². The Labute approximate surface area is 195 Å². The van der Waals surface area contributed by atoms with E-state index < -0.39 is 0 Å². The van der Waals surface area contributed by atoms with E-state index in [1.807, 2.05) is 72.2 Å². The maximum atomic E-state index is 12.7. The summed E-state index contributed by atoms with van der Waals surface area (Å²) in [6, 6.07) is 26.3. The van der Waals surface area contributed by atoms with Crippen LogP contribution in [-0.4, -0.2) is 25.9 Å². The molecular formula is C24H21ClN4O2S. The first-order valence-corrected chi connectivity index (χ1v) is 11.3. The van der Waals surface area contributed by atoms with Gasteiger partial charge in [0.15, 0.2) is 11.0 Å². The van der Waals surface area contributed by atoms with Crippen molar-refractivity contribution in [3.05, 3.63) is 95.8 Å². The minimum Gasteiger partial charge on any atom is -0.486 e. The van der Waals surface area contributed by atoms with E-state index in [2.05, 4.69) is 15.5 Å². The lowest BCUT2D eigenvalue weighted by molar-refractivity contribution is -0.115. The number of hydrogen-bond donors (Lipinski definition) is 1. The van der Waals surface area contributed by atoms with Crippen molar-refractivity contribution in [2.24, 2.45) is 0 Å². The van der Waals surface area contributed by atoms with Crippen LogP contribution in [0.4, 0.5) is 5.69 Å². The number of benzene rings is 3. The standard InChI is InChI=1S/C24H21ClN4O2S/c1-17(23(30)26-19-8-4-2-5-9-19)32-24-28-27-22(29(24)20-10-6-3-7-11-20)16-31-21-14-12-18(25)13-15-21/h2-15,17H,16H2,1H3,(H,26,30)/t17-/m1/s1. The average Bonchev–Trinajstić information content (AvgIpc) is 3.22. The number of anilines is 1. The third-order valence-corrected chi connectivity index (χ3v) is 5.88. The number of carbonyl (C=O) groups is 1. The van der Waals surface area contributed by atoms with Gasteiger partial charge in [-0.05, 0) is 55.5 Å². The number of nitrogens with zero attached hydrogens (tertiary/aromatic N) is 3. The Balaban J connectivity index is 1.53. The van der Waals surface area contributed by atoms with Crippen LogP contribution >= 0.6 is 23.4 Å². The van der Waals surface area contributed by atoms with Gasteiger partial charge in [-0.3, -0.25) is 9.36 Å². The highest BCUT2D eigenvalue weighted by Gasteiger charge is 2.21. The maximum absolute atomic E-state index is 12.7. The Morgan fingerprint density at radius 2 is 1.66 bits per heavy atom. The van der Waals surface area contributed by atoms with Crippen molar-refractivity contribution < 1.29 is 9.53 Å². The molecule has 0 spiro atoms. The molecule has 0 aliphatic carbocycles. The van der Waals surface area contributed by atoms with Crippen molar-refractivity contribution in [2.75, 3.05) is 5.32 Å². The topological polar surface area (TPSA) is 69.0 Å². The number of halogens is 1. The average molecular weight is 465 g/mol. The summed E-state index contributed by atoms with van der Waals surface area (Å²) in [6.45, 7) is 2.06. The predicted molar refractivity (Wildman–Crippen MR) is 128 cm³/mol. The fraction of sp³-hybridized carbons (Fsp3) is 0.125. The van der Waals surface area contributed by atoms with Gasteiger partial charge in [0.25, 0.3) is 0 Å². The zero-order chi connectivity index (χ0) is 22.3. The smallest absolute Gasteiger partial charge is 0.237 e. The third-order valence-electron chi connectivity index (χ3n) is 4.59. The van der Waals surface area contributed by atoms with Crippen LogP contribution in [0.5, 0.6) is 5.75 Å². The van der Waals surface area contributed by atoms with E-state index in [1.54, 1.807) is 24.3 Å². The van der Waals surface area contributed by atoms with Crippen LogP contribution in [0.1, 0.15) is 12.7 Å². The Morgan fingerprint density at radius 1 is 1.00 bits per heavy atom. The van der Waals surface area contributed by atoms with Crippen LogP contribution in [0, 0.1) is 0 Å². The summed E-state index contributed by atoms with van der Waals surface area (Å²) in [6.07, 6.45) is 0. The molecule has 6 nitrogen and oxygen atoms in total. The number of thioether (sulfide) groups is 1. The normalized spacial score (nSPS) is 11.7. The second kappa shape index (κ2) is 10.3. The first-order valence-electron chi connectivity index (χ1n) is 10.0. The van der Waals surface area contributed by atoms with E-state index in [0.717, 1.165) is 11.4 Å². The minimum atomic E-state index is -0.382. The van der Waals surface area contributed by atoms with Crippen molar-refractivity contribution in [1.29, 1.82) is 0 Å². The molecule has 0 radical (unpaired) electrons. The van der Waals surface area contributed by atoms with E-state index >= 15 is 0 Å². The van der Waals surface area contributed by atoms with Crippen LogP contribution in [-0.2, 0) is 11.4 Å². The summed E-state index contributed by atoms with van der Waals surface area (Å²) in [4.78, 5) is 12.7. The van der Waals surface area contributed by atoms with Crippen molar-refractivity contribution in [2.45, 2.75) is 23.9 Å². The Kier molecular flexibility index (Phi) is 7.09. The summed E-state index contributed by atoms with van der Waals surface area (Å²) in [5.74, 6) is 1.20. The van der Waals surface area contributed by atoms with E-state index in [4.69, 9.17) is 16.3 Å². The van der Waals surface area contributed by atoms with Crippen molar-refractivity contribution in [1.82, 2.24) is 14.8 Å². The molecular weight excluding hydrogens is 444 g/mol. The largest absolute Gasteiger partial charge is 0.486 e. The zero-order valence-electron chi connectivity index (χ0n) is 17.3. The van der Waals surface area contributed by atoms with Gasteiger partial charge in [0, 0.05) is 16.4 Å². The molecule has 0 aliphatic rings. The molecule has 0 aliphatic heterocycles. The second-order valence-corrected chi connectivity index (χ2v) is 8.67. The minimum absolute atomic E-state index is 0.109. The molecule has 162 valence electrons. The van der Waals surface area contributed by atoms with Gasteiger partial charge in [0.1, 0.15) is 12.4 Å². The van der Waals surface area contributed by atoms with E-state index in [9.17, 15) is 4.79 Å². The summed E-state index contributed by atoms with van der Waals surface area (Å²) in [7, 11) is 0. The highest BCUT2D eigenvalue weighted by Crippen LogP contribution is 2.27. The molecule has 1 amide bonds. The van der Waals surface area contributed by atoms with Crippen LogP contribution in [0.3, 0.4) is 0 Å². The first-order chi connectivity index (χ1) is 15.6. The fourth-order valence-corrected chi connectivity index (χ4v) is 3.97. The molecule has 1 aromatic heterocycles. The van der Waals surface area contributed by atoms with Gasteiger partial charge in [0.05, 0.1) is 5.25 Å². The number of amides is 1. The summed E-state index contributed by atoms with van der Waals surface area (Å²) < 4.78 is 7.79. The number of carbonyl (C=O) groups excluding carboxylic acids is 1. The van der Waals surface area contributed by atoms with E-state index in [0.29, 0.717) is 21.8 Å². The Morgan fingerprint density at radius 3 is 2.34 bits per heavy atom. The number of nitrogens with one attached hydrogen (secondary N) is 1. The van der Waals surface area contributed by atoms with Crippen LogP contribution < -0.4 is 10.1 Å². The van der Waals surface area contributed by atoms with Gasteiger partial charge >= 0.3 is 0 Å². The molecule has 3 aromatic carbocycles. The molecule has 0 saturated carbocycles. The number of hydrogen-bond acceptors (Lipinski definition) is 5. The van der Waals surface area contributed by atoms with Gasteiger partial charge in [-0.1, -0.05) is 59.8 Å². The SMILES string of the molecule is C[C@@H](Sc1nnc(COc2ccc(Cl)cc2)n1-c1ccccc1)C(=O)Nc1ccccc1. The number of aromatic nitrogens is 3. The van der Waals surface area contributed by atoms with Crippen LogP contribution in [0.2, 0.25) is 5.02 Å². The molecule has 0 saturated heterocycles. The highest BCUT2D eigenvalue weighted by atomic mass is 35.5. The van der Waals surface area contributed by atoms with Crippen LogP contribution in [0.25, 0.3) is 5.69 Å². The summed E-state index contributed by atoms with van der Waals surface area (Å²) >= 11 is 7.29. The molecule has 0 unspecified atom stereocenters. The molecule has 0 fully saturated rings. The van der Waals surface area contributed by atoms with Gasteiger partial charge in [-0.15, -0.1) is 10.2 Å². The lowest BCUT2D eigenvalue weighted by Crippen LogP contribution is -2.22. The molecule has 32 heavy (non-hydrogen) atoms. The quantitative estimate of drug-likeness (QED) is 0.343. The molecule has 1 N–H and O–H groups in total. The summed E-state index contributed by atoms with van der Waals surface area (Å²) in [5.41, 5.74) is 1.65. The molecule has 1 atom stereocenters. The van der Waals surface area contributed by atoms with E-state index in [-0.39, 0.29) is 17.8 Å². The van der Waals surface area contributed by atoms with Crippen molar-refractivity contribution in [3.63, 3.8) is 0 Å². The number of rotatable bonds is 8. The molecule has 1 heterocycles. The lowest BCUT2D eigenvalue weighted by atomic mass is 10.3.